The van der Waals surface area contributed by atoms with Crippen molar-refractivity contribution in [3.05, 3.63) is 77.1 Å². The Kier molecular flexibility index (Phi) is 8.22. The van der Waals surface area contributed by atoms with Crippen LogP contribution in [0, 0.1) is 6.92 Å². The van der Waals surface area contributed by atoms with Crippen molar-refractivity contribution < 1.29 is 19.1 Å². The minimum absolute atomic E-state index is 0.130. The number of ether oxygens (including phenoxy) is 1. The molecule has 0 saturated carbocycles. The van der Waals surface area contributed by atoms with Crippen LogP contribution in [-0.2, 0) is 17.9 Å². The summed E-state index contributed by atoms with van der Waals surface area (Å²) in [4.78, 5) is 42.4. The molecule has 194 valence electrons. The molecule has 1 aliphatic heterocycles. The normalized spacial score (nSPS) is 13.1. The third-order valence-electron chi connectivity index (χ3n) is 6.58. The third kappa shape index (κ3) is 6.17. The summed E-state index contributed by atoms with van der Waals surface area (Å²) >= 11 is 0. The van der Waals surface area contributed by atoms with Gasteiger partial charge in [0.1, 0.15) is 11.4 Å². The second-order valence-corrected chi connectivity index (χ2v) is 9.06. The van der Waals surface area contributed by atoms with Crippen molar-refractivity contribution in [2.75, 3.05) is 32.1 Å². The molecular weight excluding hydrogens is 470 g/mol. The zero-order valence-electron chi connectivity index (χ0n) is 21.6. The molecule has 37 heavy (non-hydrogen) atoms. The molecule has 9 nitrogen and oxygen atoms in total. The van der Waals surface area contributed by atoms with E-state index in [1.807, 2.05) is 43.0 Å². The van der Waals surface area contributed by atoms with Gasteiger partial charge in [-0.15, -0.1) is 0 Å². The van der Waals surface area contributed by atoms with Gasteiger partial charge in [-0.1, -0.05) is 24.3 Å². The number of hydrogen-bond donors (Lipinski definition) is 1. The maximum atomic E-state index is 13.3. The van der Waals surface area contributed by atoms with Gasteiger partial charge in [0, 0.05) is 50.9 Å². The summed E-state index contributed by atoms with van der Waals surface area (Å²) in [7, 11) is 1.58. The van der Waals surface area contributed by atoms with E-state index in [2.05, 4.69) is 10.4 Å². The van der Waals surface area contributed by atoms with Gasteiger partial charge in [0.05, 0.1) is 7.11 Å². The molecule has 3 aromatic rings. The standard InChI is InChI=1S/C28H33N5O4/c1-4-31(17-14-26(34)29-22-10-12-23(37-3)13-11-22)27(35)24-18-25-28(36)32(15-7-16-33(25)30-24)19-21-9-6-5-8-20(21)2/h5-6,8-13,18H,4,7,14-17,19H2,1-3H3,(H,29,34). The molecule has 4 rings (SSSR count). The molecule has 0 radical (unpaired) electrons. The maximum absolute atomic E-state index is 13.3. The fraction of sp³-hybridized carbons (Fsp3) is 0.357. The van der Waals surface area contributed by atoms with Crippen molar-refractivity contribution in [1.82, 2.24) is 19.6 Å². The van der Waals surface area contributed by atoms with E-state index >= 15 is 0 Å². The minimum Gasteiger partial charge on any atom is -0.497 e. The number of aryl methyl sites for hydroxylation is 2. The average Bonchev–Trinajstić information content (AvgIpc) is 3.27. The quantitative estimate of drug-likeness (QED) is 0.480. The van der Waals surface area contributed by atoms with E-state index < -0.39 is 0 Å². The van der Waals surface area contributed by atoms with E-state index in [-0.39, 0.29) is 36.4 Å². The molecule has 1 aromatic heterocycles. The molecule has 0 bridgehead atoms. The van der Waals surface area contributed by atoms with Crippen LogP contribution in [0.5, 0.6) is 5.75 Å². The summed E-state index contributed by atoms with van der Waals surface area (Å²) in [6.07, 6.45) is 0.894. The SMILES string of the molecule is CCN(CCC(=O)Nc1ccc(OC)cc1)C(=O)c1cc2n(n1)CCCN(Cc1ccccc1C)C2=O. The van der Waals surface area contributed by atoms with Crippen molar-refractivity contribution in [2.45, 2.75) is 39.8 Å². The summed E-state index contributed by atoms with van der Waals surface area (Å²) in [6, 6.07) is 16.7. The molecule has 2 aromatic carbocycles. The zero-order chi connectivity index (χ0) is 26.4. The van der Waals surface area contributed by atoms with Gasteiger partial charge in [0.25, 0.3) is 11.8 Å². The lowest BCUT2D eigenvalue weighted by molar-refractivity contribution is -0.116. The molecule has 0 spiro atoms. The van der Waals surface area contributed by atoms with Gasteiger partial charge in [-0.05, 0) is 55.7 Å². The monoisotopic (exact) mass is 503 g/mol. The number of nitrogens with one attached hydrogen (secondary N) is 1. The summed E-state index contributed by atoms with van der Waals surface area (Å²) in [5, 5.41) is 7.30. The molecule has 0 saturated heterocycles. The van der Waals surface area contributed by atoms with E-state index in [0.717, 1.165) is 17.5 Å². The molecule has 0 fully saturated rings. The Morgan fingerprint density at radius 3 is 2.57 bits per heavy atom. The van der Waals surface area contributed by atoms with Gasteiger partial charge >= 0.3 is 0 Å². The highest BCUT2D eigenvalue weighted by atomic mass is 16.5. The van der Waals surface area contributed by atoms with Crippen LogP contribution in [0.15, 0.2) is 54.6 Å². The van der Waals surface area contributed by atoms with Gasteiger partial charge in [0.15, 0.2) is 5.69 Å². The van der Waals surface area contributed by atoms with Crippen molar-refractivity contribution in [1.29, 1.82) is 0 Å². The van der Waals surface area contributed by atoms with E-state index in [9.17, 15) is 14.4 Å². The summed E-state index contributed by atoms with van der Waals surface area (Å²) < 4.78 is 6.77. The van der Waals surface area contributed by atoms with Crippen molar-refractivity contribution >= 4 is 23.4 Å². The van der Waals surface area contributed by atoms with Gasteiger partial charge in [0.2, 0.25) is 5.91 Å². The predicted octanol–water partition coefficient (Wildman–Crippen LogP) is 3.74. The first-order chi connectivity index (χ1) is 17.9. The topological polar surface area (TPSA) is 96.8 Å². The minimum atomic E-state index is -0.293. The van der Waals surface area contributed by atoms with Crippen molar-refractivity contribution in [3.8, 4) is 5.75 Å². The lowest BCUT2D eigenvalue weighted by Crippen LogP contribution is -2.34. The van der Waals surface area contributed by atoms with Crippen molar-refractivity contribution in [2.24, 2.45) is 0 Å². The Balaban J connectivity index is 1.40. The number of methoxy groups -OCH3 is 1. The maximum Gasteiger partial charge on any atom is 0.274 e. The van der Waals surface area contributed by atoms with E-state index in [1.54, 1.807) is 47.0 Å². The second-order valence-electron chi connectivity index (χ2n) is 9.06. The number of amides is 3. The van der Waals surface area contributed by atoms with Gasteiger partial charge in [-0.2, -0.15) is 5.10 Å². The first-order valence-electron chi connectivity index (χ1n) is 12.5. The molecule has 1 N–H and O–H groups in total. The van der Waals surface area contributed by atoms with Gasteiger partial charge < -0.3 is 19.9 Å². The van der Waals surface area contributed by atoms with E-state index in [0.29, 0.717) is 43.3 Å². The van der Waals surface area contributed by atoms with Gasteiger partial charge in [-0.25, -0.2) is 0 Å². The molecule has 0 unspecified atom stereocenters. The molecule has 1 aliphatic rings. The largest absolute Gasteiger partial charge is 0.497 e. The van der Waals surface area contributed by atoms with Crippen LogP contribution >= 0.6 is 0 Å². The molecular formula is C28H33N5O4. The fourth-order valence-electron chi connectivity index (χ4n) is 4.38. The van der Waals surface area contributed by atoms with Crippen LogP contribution in [0.3, 0.4) is 0 Å². The van der Waals surface area contributed by atoms with Crippen LogP contribution in [-0.4, -0.2) is 64.0 Å². The highest BCUT2D eigenvalue weighted by Crippen LogP contribution is 2.19. The predicted molar refractivity (Wildman–Crippen MR) is 141 cm³/mol. The number of carbonyl (C=O) groups excluding carboxylic acids is 3. The summed E-state index contributed by atoms with van der Waals surface area (Å²) in [5.41, 5.74) is 3.54. The van der Waals surface area contributed by atoms with Crippen LogP contribution in [0.2, 0.25) is 0 Å². The average molecular weight is 504 g/mol. The van der Waals surface area contributed by atoms with Crippen LogP contribution in [0.4, 0.5) is 5.69 Å². The molecule has 0 atom stereocenters. The summed E-state index contributed by atoms with van der Waals surface area (Å²) in [6.45, 7) is 6.27. The number of rotatable bonds is 9. The number of hydrogen-bond acceptors (Lipinski definition) is 5. The number of benzene rings is 2. The van der Waals surface area contributed by atoms with E-state index in [4.69, 9.17) is 4.74 Å². The molecule has 9 heteroatoms. The Hall–Kier alpha value is -4.14. The highest BCUT2D eigenvalue weighted by Gasteiger charge is 2.28. The second kappa shape index (κ2) is 11.7. The number of aromatic nitrogens is 2. The smallest absolute Gasteiger partial charge is 0.274 e. The van der Waals surface area contributed by atoms with Crippen LogP contribution < -0.4 is 10.1 Å². The first kappa shape index (κ1) is 25.9. The third-order valence-corrected chi connectivity index (χ3v) is 6.58. The van der Waals surface area contributed by atoms with Crippen molar-refractivity contribution in [3.63, 3.8) is 0 Å². The lowest BCUT2D eigenvalue weighted by Gasteiger charge is -2.21. The number of anilines is 1. The zero-order valence-corrected chi connectivity index (χ0v) is 21.6. The summed E-state index contributed by atoms with van der Waals surface area (Å²) in [5.74, 6) is 0.0860. The number of carbonyl (C=O) groups is 3. The van der Waals surface area contributed by atoms with Crippen LogP contribution in [0.25, 0.3) is 0 Å². The molecule has 0 aliphatic carbocycles. The Labute approximate surface area is 217 Å². The fourth-order valence-corrected chi connectivity index (χ4v) is 4.38. The Morgan fingerprint density at radius 2 is 1.86 bits per heavy atom. The van der Waals surface area contributed by atoms with E-state index in [1.165, 1.54) is 0 Å². The molecule has 2 heterocycles. The number of fused-ring (bicyclic) bond motifs is 1. The molecule has 3 amide bonds. The Bertz CT molecular complexity index is 1270. The lowest BCUT2D eigenvalue weighted by atomic mass is 10.1. The van der Waals surface area contributed by atoms with Gasteiger partial charge in [-0.3, -0.25) is 19.1 Å². The van der Waals surface area contributed by atoms with Crippen LogP contribution in [0.1, 0.15) is 51.9 Å². The first-order valence-corrected chi connectivity index (χ1v) is 12.5. The highest BCUT2D eigenvalue weighted by molar-refractivity contribution is 5.98. The number of nitrogens with zero attached hydrogens (tertiary/aromatic N) is 4. The Morgan fingerprint density at radius 1 is 1.11 bits per heavy atom.